The van der Waals surface area contributed by atoms with E-state index in [-0.39, 0.29) is 55.7 Å². The van der Waals surface area contributed by atoms with E-state index in [0.29, 0.717) is 32.4 Å². The van der Waals surface area contributed by atoms with Gasteiger partial charge in [0.05, 0.1) is 6.04 Å². The van der Waals surface area contributed by atoms with Crippen molar-refractivity contribution in [3.05, 3.63) is 0 Å². The lowest BCUT2D eigenvalue weighted by molar-refractivity contribution is -0.143. The van der Waals surface area contributed by atoms with E-state index in [1.807, 2.05) is 6.92 Å². The molecule has 3 atom stereocenters. The fourth-order valence-corrected chi connectivity index (χ4v) is 5.39. The van der Waals surface area contributed by atoms with Gasteiger partial charge in [-0.25, -0.2) is 9.59 Å². The number of amides is 3. The van der Waals surface area contributed by atoms with Gasteiger partial charge in [0.1, 0.15) is 17.9 Å². The fraction of sp³-hybridized carbons (Fsp3) is 0.829. The molecule has 0 saturated carbocycles. The highest BCUT2D eigenvalue weighted by atomic mass is 16.4. The quantitative estimate of drug-likeness (QED) is 0.0534. The summed E-state index contributed by atoms with van der Waals surface area (Å²) in [5.74, 6) is -3.90. The van der Waals surface area contributed by atoms with Crippen molar-refractivity contribution in [2.45, 2.75) is 174 Å². The minimum atomic E-state index is -1.31. The third kappa shape index (κ3) is 25.7. The molecule has 12 heteroatoms. The van der Waals surface area contributed by atoms with Gasteiger partial charge >= 0.3 is 11.9 Å². The normalized spacial score (nSPS) is 12.9. The lowest BCUT2D eigenvalue weighted by Gasteiger charge is -2.17. The highest BCUT2D eigenvalue weighted by molar-refractivity contribution is 5.86. The number of hydrogen-bond acceptors (Lipinski definition) is 7. The molecule has 0 aromatic heterocycles. The molecule has 0 aliphatic heterocycles. The number of nitrogens with one attached hydrogen (secondary N) is 4. The zero-order valence-corrected chi connectivity index (χ0v) is 29.3. The summed E-state index contributed by atoms with van der Waals surface area (Å²) in [5, 5.41) is 29.7. The molecule has 0 bridgehead atoms. The van der Waals surface area contributed by atoms with Crippen LogP contribution in [0.25, 0.3) is 0 Å². The molecular formula is C35H64N4O8. The zero-order chi connectivity index (χ0) is 35.3. The molecule has 0 aromatic rings. The maximum Gasteiger partial charge on any atom is 0.326 e. The molecule has 6 N–H and O–H groups in total. The smallest absolute Gasteiger partial charge is 0.326 e. The van der Waals surface area contributed by atoms with Crippen molar-refractivity contribution in [3.63, 3.8) is 0 Å². The Hall–Kier alpha value is -3.02. The molecule has 0 unspecified atom stereocenters. The van der Waals surface area contributed by atoms with Gasteiger partial charge in [0.15, 0.2) is 0 Å². The number of aliphatic carboxylic acids is 2. The second-order valence-electron chi connectivity index (χ2n) is 12.6. The number of Topliss-reactive ketones (excluding diaryl/α,β-unsaturated/α-hetero) is 1. The summed E-state index contributed by atoms with van der Waals surface area (Å²) in [5.41, 5.74) is 0. The van der Waals surface area contributed by atoms with Gasteiger partial charge in [0, 0.05) is 25.8 Å². The number of hydrogen-bond donors (Lipinski definition) is 6. The Labute approximate surface area is 282 Å². The van der Waals surface area contributed by atoms with Crippen molar-refractivity contribution in [2.24, 2.45) is 0 Å². The summed E-state index contributed by atoms with van der Waals surface area (Å²) in [4.78, 5) is 71.8. The third-order valence-corrected chi connectivity index (χ3v) is 8.28. The number of carboxylic acids is 2. The molecule has 0 rings (SSSR count). The lowest BCUT2D eigenvalue weighted by Crippen LogP contribution is -2.44. The van der Waals surface area contributed by atoms with Crippen LogP contribution in [0.3, 0.4) is 0 Å². The third-order valence-electron chi connectivity index (χ3n) is 8.28. The Morgan fingerprint density at radius 3 is 1.40 bits per heavy atom. The molecule has 272 valence electrons. The van der Waals surface area contributed by atoms with Gasteiger partial charge in [-0.1, -0.05) is 90.9 Å². The maximum absolute atomic E-state index is 12.4. The van der Waals surface area contributed by atoms with Crippen LogP contribution >= 0.6 is 0 Å². The van der Waals surface area contributed by atoms with Gasteiger partial charge in [-0.15, -0.1) is 0 Å². The van der Waals surface area contributed by atoms with E-state index in [1.165, 1.54) is 64.7 Å². The van der Waals surface area contributed by atoms with Crippen LogP contribution in [0.1, 0.15) is 156 Å². The molecule has 0 aliphatic rings. The summed E-state index contributed by atoms with van der Waals surface area (Å²) in [6, 6.07) is -2.77. The number of likely N-dealkylation sites (N-methyl/N-ethyl adjacent to an activating group) is 1. The van der Waals surface area contributed by atoms with Crippen LogP contribution in [-0.4, -0.2) is 76.9 Å². The van der Waals surface area contributed by atoms with Crippen molar-refractivity contribution in [1.82, 2.24) is 21.3 Å². The lowest BCUT2D eigenvalue weighted by atomic mass is 10.0. The molecule has 0 heterocycles. The number of carbonyl (C=O) groups excluding carboxylic acids is 4. The molecule has 0 saturated heterocycles. The van der Waals surface area contributed by atoms with Crippen molar-refractivity contribution < 1.29 is 39.0 Å². The van der Waals surface area contributed by atoms with Gasteiger partial charge in [-0.2, -0.15) is 0 Å². The molecule has 12 nitrogen and oxygen atoms in total. The van der Waals surface area contributed by atoms with Crippen LogP contribution in [0.15, 0.2) is 0 Å². The zero-order valence-electron chi connectivity index (χ0n) is 29.3. The summed E-state index contributed by atoms with van der Waals surface area (Å²) in [6.45, 7) is 6.78. The van der Waals surface area contributed by atoms with Gasteiger partial charge in [-0.3, -0.25) is 19.2 Å². The molecule has 0 radical (unpaired) electrons. The second kappa shape index (κ2) is 29.1. The maximum atomic E-state index is 12.4. The van der Waals surface area contributed by atoms with Crippen LogP contribution in [0.4, 0.5) is 0 Å². The molecule has 47 heavy (non-hydrogen) atoms. The highest BCUT2D eigenvalue weighted by Gasteiger charge is 2.24. The monoisotopic (exact) mass is 668 g/mol. The van der Waals surface area contributed by atoms with E-state index in [0.717, 1.165) is 25.7 Å². The summed E-state index contributed by atoms with van der Waals surface area (Å²) in [7, 11) is 0. The van der Waals surface area contributed by atoms with Crippen LogP contribution < -0.4 is 21.3 Å². The van der Waals surface area contributed by atoms with Crippen LogP contribution in [-0.2, 0) is 28.8 Å². The number of carboxylic acid groups (broad SMARTS) is 2. The Balaban J connectivity index is 4.22. The molecule has 0 fully saturated rings. The largest absolute Gasteiger partial charge is 0.480 e. The SMILES string of the molecule is CCCCCCCCCCCCCCCC(=O)N[C@H](CCC(=O)N[C@H](CCC(=O)NCCCC[C@@H](NCC)C(C)=O)C(=O)O)C(=O)O. The van der Waals surface area contributed by atoms with Crippen LogP contribution in [0.5, 0.6) is 0 Å². The van der Waals surface area contributed by atoms with Crippen LogP contribution in [0, 0.1) is 0 Å². The van der Waals surface area contributed by atoms with E-state index < -0.39 is 29.9 Å². The average Bonchev–Trinajstić information content (AvgIpc) is 3.02. The van der Waals surface area contributed by atoms with Gasteiger partial charge in [0.25, 0.3) is 0 Å². The highest BCUT2D eigenvalue weighted by Crippen LogP contribution is 2.13. The summed E-state index contributed by atoms with van der Waals surface area (Å²) in [6.07, 6.45) is 16.9. The first-order chi connectivity index (χ1) is 22.5. The number of ketones is 1. The van der Waals surface area contributed by atoms with Gasteiger partial charge in [-0.05, 0) is 52.0 Å². The van der Waals surface area contributed by atoms with E-state index in [1.54, 1.807) is 0 Å². The summed E-state index contributed by atoms with van der Waals surface area (Å²) >= 11 is 0. The van der Waals surface area contributed by atoms with Gasteiger partial charge < -0.3 is 31.5 Å². The molecule has 0 aromatic carbocycles. The number of carbonyl (C=O) groups is 6. The summed E-state index contributed by atoms with van der Waals surface area (Å²) < 4.78 is 0. The average molecular weight is 669 g/mol. The van der Waals surface area contributed by atoms with Crippen molar-refractivity contribution in [3.8, 4) is 0 Å². The Bertz CT molecular complexity index is 914. The minimum absolute atomic E-state index is 0.0705. The molecular weight excluding hydrogens is 604 g/mol. The Morgan fingerprint density at radius 1 is 0.511 bits per heavy atom. The van der Waals surface area contributed by atoms with E-state index in [2.05, 4.69) is 28.2 Å². The minimum Gasteiger partial charge on any atom is -0.480 e. The predicted molar refractivity (Wildman–Crippen MR) is 183 cm³/mol. The second-order valence-corrected chi connectivity index (χ2v) is 12.6. The van der Waals surface area contributed by atoms with Crippen molar-refractivity contribution >= 4 is 35.4 Å². The van der Waals surface area contributed by atoms with Crippen molar-refractivity contribution in [2.75, 3.05) is 13.1 Å². The predicted octanol–water partition coefficient (Wildman–Crippen LogP) is 5.02. The number of unbranched alkanes of at least 4 members (excludes halogenated alkanes) is 13. The van der Waals surface area contributed by atoms with Crippen molar-refractivity contribution in [1.29, 1.82) is 0 Å². The molecule has 0 spiro atoms. The van der Waals surface area contributed by atoms with Gasteiger partial charge in [0.2, 0.25) is 17.7 Å². The van der Waals surface area contributed by atoms with E-state index in [4.69, 9.17) is 0 Å². The first-order valence-electron chi connectivity index (χ1n) is 18.1. The first kappa shape index (κ1) is 44.0. The van der Waals surface area contributed by atoms with E-state index >= 15 is 0 Å². The molecule has 3 amide bonds. The Morgan fingerprint density at radius 2 is 0.957 bits per heavy atom. The standard InChI is InChI=1S/C35H64N4O8/c1-4-6-7-8-9-10-11-12-13-14-15-16-17-21-32(42)38-30(35(46)47)23-25-33(43)39-29(34(44)45)22-24-31(41)37-26-19-18-20-28(27(3)40)36-5-2/h28-30,36H,4-26H2,1-3H3,(H,37,41)(H,38,42)(H,39,43)(H,44,45)(H,46,47)/t28-,29-,30-/m1/s1. The first-order valence-corrected chi connectivity index (χ1v) is 18.1. The van der Waals surface area contributed by atoms with Crippen LogP contribution in [0.2, 0.25) is 0 Å². The fourth-order valence-electron chi connectivity index (χ4n) is 5.39. The Kier molecular flexibility index (Phi) is 27.3. The topological polar surface area (TPSA) is 191 Å². The molecule has 0 aliphatic carbocycles. The number of rotatable bonds is 32. The van der Waals surface area contributed by atoms with E-state index in [9.17, 15) is 39.0 Å².